The van der Waals surface area contributed by atoms with Crippen LogP contribution in [0.3, 0.4) is 0 Å². The van der Waals surface area contributed by atoms with Gasteiger partial charge in [-0.25, -0.2) is 0 Å². The first-order valence-corrected chi connectivity index (χ1v) is 6.85. The highest BCUT2D eigenvalue weighted by atomic mass is 16.5. The van der Waals surface area contributed by atoms with Crippen LogP contribution in [0.1, 0.15) is 40.5 Å². The van der Waals surface area contributed by atoms with Crippen molar-refractivity contribution in [2.75, 3.05) is 13.2 Å². The lowest BCUT2D eigenvalue weighted by atomic mass is 9.45. The number of esters is 1. The zero-order valence-corrected chi connectivity index (χ0v) is 12.2. The van der Waals surface area contributed by atoms with E-state index in [1.165, 1.54) is 0 Å². The maximum absolute atomic E-state index is 11.9. The minimum atomic E-state index is -1.01. The molecular formula is C15H24O4. The van der Waals surface area contributed by atoms with Gasteiger partial charge in [0, 0.05) is 0 Å². The molecule has 0 radical (unpaired) electrons. The highest BCUT2D eigenvalue weighted by molar-refractivity contribution is 5.75. The fourth-order valence-corrected chi connectivity index (χ4v) is 3.27. The van der Waals surface area contributed by atoms with Gasteiger partial charge in [0.1, 0.15) is 6.61 Å². The van der Waals surface area contributed by atoms with Crippen LogP contribution in [0.15, 0.2) is 11.6 Å². The second kappa shape index (κ2) is 4.32. The van der Waals surface area contributed by atoms with E-state index in [2.05, 4.69) is 0 Å². The van der Waals surface area contributed by atoms with Crippen LogP contribution in [-0.4, -0.2) is 35.0 Å². The molecule has 0 amide bonds. The first-order valence-electron chi connectivity index (χ1n) is 6.85. The molecule has 1 fully saturated rings. The van der Waals surface area contributed by atoms with Crippen LogP contribution < -0.4 is 0 Å². The fourth-order valence-electron chi connectivity index (χ4n) is 3.27. The molecule has 3 aliphatic carbocycles. The maximum atomic E-state index is 11.9. The van der Waals surface area contributed by atoms with Crippen molar-refractivity contribution in [3.8, 4) is 0 Å². The summed E-state index contributed by atoms with van der Waals surface area (Å²) in [5, 5.41) is 20.5. The van der Waals surface area contributed by atoms with Crippen molar-refractivity contribution in [2.24, 2.45) is 16.7 Å². The van der Waals surface area contributed by atoms with Crippen molar-refractivity contribution in [1.29, 1.82) is 0 Å². The van der Waals surface area contributed by atoms with E-state index >= 15 is 0 Å². The normalized spacial score (nSPS) is 37.4. The zero-order valence-electron chi connectivity index (χ0n) is 12.2. The number of aliphatic hydroxyl groups is 2. The standard InChI is InChI=1S/C15H24O4/c1-10-5-6-11-7-15(10,18)14(11,8-16)9-19-12(17)13(2,3)4/h5,11,16,18H,6-9H2,1-4H3/t11-,14+,15+/m0/s1. The lowest BCUT2D eigenvalue weighted by Gasteiger charge is -2.63. The van der Waals surface area contributed by atoms with Gasteiger partial charge in [-0.3, -0.25) is 4.79 Å². The number of allylic oxidation sites excluding steroid dienone is 1. The van der Waals surface area contributed by atoms with E-state index in [9.17, 15) is 15.0 Å². The van der Waals surface area contributed by atoms with Crippen molar-refractivity contribution in [3.63, 3.8) is 0 Å². The summed E-state index contributed by atoms with van der Waals surface area (Å²) < 4.78 is 5.37. The molecule has 0 unspecified atom stereocenters. The number of hydrogen-bond donors (Lipinski definition) is 2. The van der Waals surface area contributed by atoms with E-state index in [-0.39, 0.29) is 25.1 Å². The van der Waals surface area contributed by atoms with Crippen LogP contribution in [0.2, 0.25) is 0 Å². The highest BCUT2D eigenvalue weighted by Crippen LogP contribution is 2.62. The third kappa shape index (κ3) is 1.93. The molecule has 0 aromatic carbocycles. The summed E-state index contributed by atoms with van der Waals surface area (Å²) in [4.78, 5) is 11.9. The average molecular weight is 268 g/mol. The minimum absolute atomic E-state index is 0.0892. The van der Waals surface area contributed by atoms with Crippen LogP contribution in [-0.2, 0) is 9.53 Å². The summed E-state index contributed by atoms with van der Waals surface area (Å²) in [6, 6.07) is 0. The largest absolute Gasteiger partial charge is 0.464 e. The van der Waals surface area contributed by atoms with Crippen molar-refractivity contribution in [2.45, 2.75) is 46.1 Å². The van der Waals surface area contributed by atoms with E-state index in [0.717, 1.165) is 12.0 Å². The molecule has 3 atom stereocenters. The SMILES string of the molecule is CC1=CC[C@H]2C[C@]1(O)[C@]2(CO)COC(=O)C(C)(C)C. The van der Waals surface area contributed by atoms with Crippen LogP contribution in [0.5, 0.6) is 0 Å². The highest BCUT2D eigenvalue weighted by Gasteiger charge is 2.67. The fraction of sp³-hybridized carbons (Fsp3) is 0.800. The molecule has 3 aliphatic rings. The van der Waals surface area contributed by atoms with Crippen LogP contribution in [0.25, 0.3) is 0 Å². The molecule has 4 nitrogen and oxygen atoms in total. The Morgan fingerprint density at radius 3 is 2.63 bits per heavy atom. The number of ether oxygens (including phenoxy) is 1. The topological polar surface area (TPSA) is 66.8 Å². The van der Waals surface area contributed by atoms with E-state index in [1.807, 2.05) is 13.0 Å². The van der Waals surface area contributed by atoms with Gasteiger partial charge < -0.3 is 14.9 Å². The smallest absolute Gasteiger partial charge is 0.311 e. The van der Waals surface area contributed by atoms with Gasteiger partial charge >= 0.3 is 5.97 Å². The van der Waals surface area contributed by atoms with Crippen LogP contribution in [0, 0.1) is 16.7 Å². The summed E-state index contributed by atoms with van der Waals surface area (Å²) >= 11 is 0. The Morgan fingerprint density at radius 1 is 1.53 bits per heavy atom. The third-order valence-electron chi connectivity index (χ3n) is 4.86. The van der Waals surface area contributed by atoms with E-state index in [4.69, 9.17) is 4.74 Å². The minimum Gasteiger partial charge on any atom is -0.464 e. The van der Waals surface area contributed by atoms with E-state index in [0.29, 0.717) is 6.42 Å². The van der Waals surface area contributed by atoms with E-state index in [1.54, 1.807) is 20.8 Å². The second-order valence-corrected chi connectivity index (χ2v) is 7.02. The Hall–Kier alpha value is -0.870. The van der Waals surface area contributed by atoms with Gasteiger partial charge in [-0.05, 0) is 52.0 Å². The number of carbonyl (C=O) groups excluding carboxylic acids is 1. The van der Waals surface area contributed by atoms with Crippen LogP contribution in [0.4, 0.5) is 0 Å². The lowest BCUT2D eigenvalue weighted by molar-refractivity contribution is -0.237. The first-order chi connectivity index (χ1) is 8.67. The quantitative estimate of drug-likeness (QED) is 0.603. The van der Waals surface area contributed by atoms with Crippen molar-refractivity contribution in [3.05, 3.63) is 11.6 Å². The zero-order chi connectivity index (χ0) is 14.5. The number of carbonyl (C=O) groups is 1. The van der Waals surface area contributed by atoms with Gasteiger partial charge in [0.15, 0.2) is 0 Å². The molecule has 3 rings (SSSR count). The van der Waals surface area contributed by atoms with Gasteiger partial charge in [0.05, 0.1) is 23.0 Å². The van der Waals surface area contributed by atoms with Gasteiger partial charge in [0.25, 0.3) is 0 Å². The summed E-state index contributed by atoms with van der Waals surface area (Å²) in [5.41, 5.74) is -1.41. The molecular weight excluding hydrogens is 244 g/mol. The molecule has 108 valence electrons. The molecule has 4 heteroatoms. The Morgan fingerprint density at radius 2 is 2.16 bits per heavy atom. The number of hydrogen-bond acceptors (Lipinski definition) is 4. The maximum Gasteiger partial charge on any atom is 0.311 e. The predicted octanol–water partition coefficient (Wildman–Crippen LogP) is 1.66. The molecule has 0 heterocycles. The average Bonchev–Trinajstić information content (AvgIpc) is 2.31. The summed E-state index contributed by atoms with van der Waals surface area (Å²) in [7, 11) is 0. The third-order valence-corrected chi connectivity index (χ3v) is 4.86. The molecule has 0 aliphatic heterocycles. The molecule has 0 aromatic heterocycles. The molecule has 1 saturated carbocycles. The monoisotopic (exact) mass is 268 g/mol. The number of fused-ring (bicyclic) bond motifs is 1. The molecule has 2 bridgehead atoms. The molecule has 0 spiro atoms. The van der Waals surface area contributed by atoms with Gasteiger partial charge in [-0.1, -0.05) is 6.08 Å². The molecule has 2 N–H and O–H groups in total. The Bertz CT molecular complexity index is 420. The lowest BCUT2D eigenvalue weighted by Crippen LogP contribution is -2.70. The van der Waals surface area contributed by atoms with Crippen molar-refractivity contribution < 1.29 is 19.7 Å². The summed E-state index contributed by atoms with van der Waals surface area (Å²) in [6.45, 7) is 7.20. The summed E-state index contributed by atoms with van der Waals surface area (Å²) in [6.07, 6.45) is 3.51. The van der Waals surface area contributed by atoms with Gasteiger partial charge in [-0.15, -0.1) is 0 Å². The number of aliphatic hydroxyl groups excluding tert-OH is 1. The van der Waals surface area contributed by atoms with Crippen molar-refractivity contribution >= 4 is 5.97 Å². The van der Waals surface area contributed by atoms with E-state index < -0.39 is 16.4 Å². The Labute approximate surface area is 114 Å². The Balaban J connectivity index is 2.14. The molecule has 0 saturated heterocycles. The van der Waals surface area contributed by atoms with Crippen molar-refractivity contribution in [1.82, 2.24) is 0 Å². The Kier molecular flexibility index (Phi) is 3.30. The molecule has 0 aromatic rings. The number of rotatable bonds is 3. The van der Waals surface area contributed by atoms with Gasteiger partial charge in [-0.2, -0.15) is 0 Å². The van der Waals surface area contributed by atoms with Crippen LogP contribution >= 0.6 is 0 Å². The summed E-state index contributed by atoms with van der Waals surface area (Å²) in [5.74, 6) is -0.102. The first kappa shape index (κ1) is 14.5. The predicted molar refractivity (Wildman–Crippen MR) is 71.4 cm³/mol. The second-order valence-electron chi connectivity index (χ2n) is 7.02. The molecule has 19 heavy (non-hydrogen) atoms. The van der Waals surface area contributed by atoms with Gasteiger partial charge in [0.2, 0.25) is 0 Å².